The molecular formula is C17H26N4S2. The van der Waals surface area contributed by atoms with Crippen LogP contribution in [0.15, 0.2) is 10.9 Å². The van der Waals surface area contributed by atoms with Crippen LogP contribution in [0.3, 0.4) is 0 Å². The van der Waals surface area contributed by atoms with Crippen LogP contribution < -0.4 is 5.32 Å². The first-order valence-corrected chi connectivity index (χ1v) is 10.3. The molecular weight excluding hydrogens is 324 g/mol. The van der Waals surface area contributed by atoms with E-state index in [4.69, 9.17) is 4.98 Å². The molecule has 0 aromatic carbocycles. The predicted molar refractivity (Wildman–Crippen MR) is 98.1 cm³/mol. The van der Waals surface area contributed by atoms with Gasteiger partial charge in [0.15, 0.2) is 0 Å². The van der Waals surface area contributed by atoms with Crippen molar-refractivity contribution < 1.29 is 0 Å². The fourth-order valence-electron chi connectivity index (χ4n) is 3.09. The maximum absolute atomic E-state index is 4.82. The van der Waals surface area contributed by atoms with Crippen molar-refractivity contribution in [1.82, 2.24) is 20.2 Å². The molecule has 0 spiro atoms. The van der Waals surface area contributed by atoms with Gasteiger partial charge in [0.1, 0.15) is 5.01 Å². The number of hydrogen-bond donors (Lipinski definition) is 1. The van der Waals surface area contributed by atoms with Crippen LogP contribution in [-0.4, -0.2) is 34.5 Å². The van der Waals surface area contributed by atoms with Crippen molar-refractivity contribution in [2.75, 3.05) is 19.6 Å². The zero-order valence-corrected chi connectivity index (χ0v) is 15.7. The summed E-state index contributed by atoms with van der Waals surface area (Å²) in [6, 6.07) is 0. The molecule has 0 saturated carbocycles. The van der Waals surface area contributed by atoms with Gasteiger partial charge in [0.25, 0.3) is 0 Å². The summed E-state index contributed by atoms with van der Waals surface area (Å²) in [7, 11) is 0. The lowest BCUT2D eigenvalue weighted by Crippen LogP contribution is -2.30. The van der Waals surface area contributed by atoms with Crippen LogP contribution in [0.2, 0.25) is 0 Å². The van der Waals surface area contributed by atoms with E-state index in [1.807, 2.05) is 16.8 Å². The van der Waals surface area contributed by atoms with Crippen molar-refractivity contribution in [3.05, 3.63) is 32.2 Å². The van der Waals surface area contributed by atoms with Crippen LogP contribution in [0.1, 0.15) is 41.0 Å². The molecule has 23 heavy (non-hydrogen) atoms. The summed E-state index contributed by atoms with van der Waals surface area (Å²) in [5, 5.41) is 6.96. The second-order valence-electron chi connectivity index (χ2n) is 6.37. The van der Waals surface area contributed by atoms with Crippen LogP contribution in [-0.2, 0) is 19.5 Å². The lowest BCUT2D eigenvalue weighted by molar-refractivity contribution is 0.221. The molecule has 3 rings (SSSR count). The van der Waals surface area contributed by atoms with Gasteiger partial charge in [-0.25, -0.2) is 9.97 Å². The summed E-state index contributed by atoms with van der Waals surface area (Å²) in [4.78, 5) is 13.2. The average Bonchev–Trinajstić information content (AvgIpc) is 3.25. The first kappa shape index (κ1) is 17.0. The smallest absolute Gasteiger partial charge is 0.107 e. The highest BCUT2D eigenvalue weighted by Gasteiger charge is 2.20. The fourth-order valence-corrected chi connectivity index (χ4v) is 4.77. The van der Waals surface area contributed by atoms with Crippen LogP contribution in [0.25, 0.3) is 0 Å². The minimum absolute atomic E-state index is 0.762. The lowest BCUT2D eigenvalue weighted by atomic mass is 10.1. The van der Waals surface area contributed by atoms with E-state index >= 15 is 0 Å². The maximum atomic E-state index is 4.82. The molecule has 1 fully saturated rings. The third kappa shape index (κ3) is 4.83. The minimum atomic E-state index is 0.762. The Hall–Kier alpha value is -0.820. The largest absolute Gasteiger partial charge is 0.316 e. The summed E-state index contributed by atoms with van der Waals surface area (Å²) in [5.41, 5.74) is 4.39. The number of nitrogens with one attached hydrogen (secondary N) is 1. The summed E-state index contributed by atoms with van der Waals surface area (Å²) >= 11 is 3.59. The van der Waals surface area contributed by atoms with E-state index < -0.39 is 0 Å². The molecule has 0 radical (unpaired) electrons. The fraction of sp³-hybridized carbons (Fsp3) is 0.647. The molecule has 1 unspecified atom stereocenters. The lowest BCUT2D eigenvalue weighted by Gasteiger charge is -2.24. The minimum Gasteiger partial charge on any atom is -0.316 e. The van der Waals surface area contributed by atoms with Crippen molar-refractivity contribution in [2.45, 2.75) is 46.2 Å². The van der Waals surface area contributed by atoms with Crippen molar-refractivity contribution in [3.8, 4) is 0 Å². The Kier molecular flexibility index (Phi) is 6.16. The van der Waals surface area contributed by atoms with Crippen molar-refractivity contribution >= 4 is 22.7 Å². The predicted octanol–water partition coefficient (Wildman–Crippen LogP) is 3.47. The molecule has 1 atom stereocenters. The monoisotopic (exact) mass is 350 g/mol. The molecule has 1 aliphatic heterocycles. The highest BCUT2D eigenvalue weighted by atomic mass is 32.1. The zero-order chi connectivity index (χ0) is 16.1. The molecule has 1 N–H and O–H groups in total. The van der Waals surface area contributed by atoms with Crippen molar-refractivity contribution in [1.29, 1.82) is 0 Å². The van der Waals surface area contributed by atoms with Gasteiger partial charge >= 0.3 is 0 Å². The first-order chi connectivity index (χ1) is 11.2. The number of aryl methyl sites for hydroxylation is 2. The van der Waals surface area contributed by atoms with Gasteiger partial charge in [0.2, 0.25) is 0 Å². The van der Waals surface area contributed by atoms with E-state index in [0.717, 1.165) is 45.1 Å². The second kappa shape index (κ2) is 8.33. The maximum Gasteiger partial charge on any atom is 0.107 e. The molecule has 2 aromatic rings. The molecule has 1 saturated heterocycles. The quantitative estimate of drug-likeness (QED) is 0.791. The number of aromatic nitrogens is 2. The Bertz CT molecular complexity index is 601. The molecule has 4 nitrogen and oxygen atoms in total. The van der Waals surface area contributed by atoms with Gasteiger partial charge in [-0.3, -0.25) is 4.90 Å². The number of thiazole rings is 2. The topological polar surface area (TPSA) is 41.1 Å². The highest BCUT2D eigenvalue weighted by molar-refractivity contribution is 7.10. The normalized spacial score (nSPS) is 18.1. The summed E-state index contributed by atoms with van der Waals surface area (Å²) in [6.45, 7) is 9.74. The van der Waals surface area contributed by atoms with E-state index in [0.29, 0.717) is 0 Å². The summed E-state index contributed by atoms with van der Waals surface area (Å²) in [5.74, 6) is 0.762. The van der Waals surface area contributed by atoms with E-state index in [9.17, 15) is 0 Å². The molecule has 0 aliphatic carbocycles. The zero-order valence-electron chi connectivity index (χ0n) is 14.0. The standard InChI is InChI=1S/C17H26N4S2/c1-3-4-15-11-22-17(20-15)10-21(8-14-5-6-18-7-14)9-16-13(2)19-12-23-16/h11-12,14,18H,3-10H2,1-2H3. The number of rotatable bonds is 8. The van der Waals surface area contributed by atoms with Crippen molar-refractivity contribution in [2.24, 2.45) is 5.92 Å². The number of hydrogen-bond acceptors (Lipinski definition) is 6. The Morgan fingerprint density at radius 3 is 2.96 bits per heavy atom. The van der Waals surface area contributed by atoms with Gasteiger partial charge < -0.3 is 5.32 Å². The van der Waals surface area contributed by atoms with Crippen LogP contribution in [0.4, 0.5) is 0 Å². The SMILES string of the molecule is CCCc1csc(CN(Cc2scnc2C)CC2CCNC2)n1. The third-order valence-corrected chi connectivity index (χ3v) is 6.16. The van der Waals surface area contributed by atoms with Gasteiger partial charge in [-0.1, -0.05) is 13.3 Å². The van der Waals surface area contributed by atoms with Crippen LogP contribution in [0, 0.1) is 12.8 Å². The molecule has 1 aliphatic rings. The van der Waals surface area contributed by atoms with E-state index in [-0.39, 0.29) is 0 Å². The van der Waals surface area contributed by atoms with Crippen LogP contribution >= 0.6 is 22.7 Å². The van der Waals surface area contributed by atoms with Gasteiger partial charge in [0, 0.05) is 23.3 Å². The molecule has 3 heterocycles. The molecule has 0 bridgehead atoms. The van der Waals surface area contributed by atoms with Crippen LogP contribution in [0.5, 0.6) is 0 Å². The van der Waals surface area contributed by atoms with Gasteiger partial charge in [-0.15, -0.1) is 22.7 Å². The Balaban J connectivity index is 1.66. The Morgan fingerprint density at radius 2 is 2.26 bits per heavy atom. The first-order valence-electron chi connectivity index (χ1n) is 8.50. The third-order valence-electron chi connectivity index (χ3n) is 4.36. The van der Waals surface area contributed by atoms with E-state index in [1.54, 1.807) is 11.3 Å². The summed E-state index contributed by atoms with van der Waals surface area (Å²) in [6.07, 6.45) is 3.55. The molecule has 6 heteroatoms. The van der Waals surface area contributed by atoms with Gasteiger partial charge in [0.05, 0.1) is 23.4 Å². The van der Waals surface area contributed by atoms with Gasteiger partial charge in [-0.05, 0) is 38.8 Å². The van der Waals surface area contributed by atoms with E-state index in [1.165, 1.54) is 34.1 Å². The Morgan fingerprint density at radius 1 is 1.35 bits per heavy atom. The highest BCUT2D eigenvalue weighted by Crippen LogP contribution is 2.21. The summed E-state index contributed by atoms with van der Waals surface area (Å²) < 4.78 is 0. The average molecular weight is 351 g/mol. The second-order valence-corrected chi connectivity index (χ2v) is 8.25. The number of nitrogens with zero attached hydrogens (tertiary/aromatic N) is 3. The molecule has 2 aromatic heterocycles. The molecule has 0 amide bonds. The van der Waals surface area contributed by atoms with E-state index in [2.05, 4.69) is 34.4 Å². The molecule has 126 valence electrons. The van der Waals surface area contributed by atoms with Gasteiger partial charge in [-0.2, -0.15) is 0 Å². The van der Waals surface area contributed by atoms with Crippen molar-refractivity contribution in [3.63, 3.8) is 0 Å². The Labute approximate surface area is 147 Å².